The van der Waals surface area contributed by atoms with Crippen LogP contribution in [0.25, 0.3) is 33.7 Å². The molecular formula is C19H13BrN2O. The van der Waals surface area contributed by atoms with Crippen LogP contribution in [0.1, 0.15) is 5.56 Å². The average molecular weight is 365 g/mol. The monoisotopic (exact) mass is 364 g/mol. The first kappa shape index (κ1) is 14.2. The molecule has 4 rings (SSSR count). The Morgan fingerprint density at radius 2 is 1.39 bits per heavy atom. The molecule has 0 radical (unpaired) electrons. The van der Waals surface area contributed by atoms with E-state index >= 15 is 0 Å². The Balaban J connectivity index is 1.70. The molecule has 0 fully saturated rings. The van der Waals surface area contributed by atoms with E-state index in [1.165, 1.54) is 10.9 Å². The van der Waals surface area contributed by atoms with Gasteiger partial charge in [0, 0.05) is 16.5 Å². The van der Waals surface area contributed by atoms with Crippen LogP contribution < -0.4 is 0 Å². The lowest BCUT2D eigenvalue weighted by Crippen LogP contribution is -1.80. The zero-order valence-electron chi connectivity index (χ0n) is 12.2. The fraction of sp³-hybridized carbons (Fsp3) is 0.0526. The second kappa shape index (κ2) is 5.97. The van der Waals surface area contributed by atoms with E-state index in [-0.39, 0.29) is 0 Å². The van der Waals surface area contributed by atoms with Gasteiger partial charge in [0.05, 0.1) is 0 Å². The summed E-state index contributed by atoms with van der Waals surface area (Å²) in [5.74, 6) is 1.07. The molecule has 0 aliphatic carbocycles. The van der Waals surface area contributed by atoms with Crippen molar-refractivity contribution in [2.45, 2.75) is 5.33 Å². The minimum atomic E-state index is 0.536. The smallest absolute Gasteiger partial charge is 0.248 e. The highest BCUT2D eigenvalue weighted by Gasteiger charge is 2.10. The molecule has 4 aromatic rings. The van der Waals surface area contributed by atoms with Crippen LogP contribution in [-0.4, -0.2) is 10.2 Å². The van der Waals surface area contributed by atoms with Gasteiger partial charge in [0.2, 0.25) is 11.8 Å². The lowest BCUT2D eigenvalue weighted by Gasteiger charge is -2.00. The summed E-state index contributed by atoms with van der Waals surface area (Å²) in [5.41, 5.74) is 3.07. The van der Waals surface area contributed by atoms with E-state index in [1.807, 2.05) is 42.5 Å². The van der Waals surface area contributed by atoms with Gasteiger partial charge in [0.15, 0.2) is 0 Å². The maximum atomic E-state index is 5.84. The number of fused-ring (bicyclic) bond motifs is 1. The van der Waals surface area contributed by atoms with Gasteiger partial charge in [0.25, 0.3) is 0 Å². The minimum absolute atomic E-state index is 0.536. The number of rotatable bonds is 3. The van der Waals surface area contributed by atoms with Crippen molar-refractivity contribution in [3.05, 3.63) is 72.3 Å². The molecule has 23 heavy (non-hydrogen) atoms. The predicted molar refractivity (Wildman–Crippen MR) is 95.3 cm³/mol. The van der Waals surface area contributed by atoms with Crippen LogP contribution in [0.2, 0.25) is 0 Å². The van der Waals surface area contributed by atoms with Gasteiger partial charge >= 0.3 is 0 Å². The zero-order chi connectivity index (χ0) is 15.6. The second-order valence-corrected chi connectivity index (χ2v) is 5.87. The summed E-state index contributed by atoms with van der Waals surface area (Å²) in [4.78, 5) is 0. The van der Waals surface area contributed by atoms with Crippen molar-refractivity contribution in [1.29, 1.82) is 0 Å². The molecule has 0 atom stereocenters. The normalized spacial score (nSPS) is 11.0. The molecule has 112 valence electrons. The summed E-state index contributed by atoms with van der Waals surface area (Å²) in [6.07, 6.45) is 0. The van der Waals surface area contributed by atoms with E-state index in [0.717, 1.165) is 21.8 Å². The lowest BCUT2D eigenvalue weighted by molar-refractivity contribution is 0.584. The molecule has 4 heteroatoms. The fourth-order valence-electron chi connectivity index (χ4n) is 2.52. The molecule has 0 aliphatic heterocycles. The van der Waals surface area contributed by atoms with Crippen LogP contribution in [-0.2, 0) is 5.33 Å². The Bertz CT molecular complexity index is 960. The summed E-state index contributed by atoms with van der Waals surface area (Å²) in [6.45, 7) is 0. The van der Waals surface area contributed by atoms with Crippen molar-refractivity contribution in [1.82, 2.24) is 10.2 Å². The van der Waals surface area contributed by atoms with Crippen LogP contribution >= 0.6 is 15.9 Å². The van der Waals surface area contributed by atoms with Gasteiger partial charge in [-0.05, 0) is 40.6 Å². The van der Waals surface area contributed by atoms with Crippen LogP contribution in [0.5, 0.6) is 0 Å². The van der Waals surface area contributed by atoms with Gasteiger partial charge in [-0.3, -0.25) is 0 Å². The number of hydrogen-bond donors (Lipinski definition) is 0. The Morgan fingerprint density at radius 1 is 0.739 bits per heavy atom. The van der Waals surface area contributed by atoms with Gasteiger partial charge < -0.3 is 4.42 Å². The van der Waals surface area contributed by atoms with E-state index < -0.39 is 0 Å². The van der Waals surface area contributed by atoms with E-state index in [2.05, 4.69) is 50.4 Å². The number of alkyl halides is 1. The van der Waals surface area contributed by atoms with Crippen molar-refractivity contribution < 1.29 is 4.42 Å². The lowest BCUT2D eigenvalue weighted by atomic mass is 10.1. The summed E-state index contributed by atoms with van der Waals surface area (Å²) in [5, 5.41) is 11.5. The molecule has 0 spiro atoms. The number of hydrogen-bond acceptors (Lipinski definition) is 3. The van der Waals surface area contributed by atoms with Crippen LogP contribution in [0.4, 0.5) is 0 Å². The van der Waals surface area contributed by atoms with Crippen molar-refractivity contribution in [2.24, 2.45) is 0 Å². The van der Waals surface area contributed by atoms with Gasteiger partial charge in [-0.2, -0.15) is 0 Å². The molecule has 0 aliphatic rings. The molecule has 0 amide bonds. The Kier molecular flexibility index (Phi) is 3.67. The van der Waals surface area contributed by atoms with Crippen LogP contribution in [0.3, 0.4) is 0 Å². The molecule has 3 aromatic carbocycles. The van der Waals surface area contributed by atoms with E-state index in [4.69, 9.17) is 4.42 Å². The fourth-order valence-corrected chi connectivity index (χ4v) is 2.89. The van der Waals surface area contributed by atoms with Gasteiger partial charge in [0.1, 0.15) is 0 Å². The van der Waals surface area contributed by atoms with Gasteiger partial charge in [-0.15, -0.1) is 10.2 Å². The molecule has 3 nitrogen and oxygen atoms in total. The largest absolute Gasteiger partial charge is 0.416 e. The number of benzene rings is 3. The first-order valence-corrected chi connectivity index (χ1v) is 8.43. The topological polar surface area (TPSA) is 38.9 Å². The van der Waals surface area contributed by atoms with E-state index in [0.29, 0.717) is 11.8 Å². The number of halogens is 1. The third-order valence-corrected chi connectivity index (χ3v) is 4.42. The Hall–Kier alpha value is -2.46. The maximum Gasteiger partial charge on any atom is 0.248 e. The van der Waals surface area contributed by atoms with E-state index in [1.54, 1.807) is 0 Å². The molecule has 0 bridgehead atoms. The molecule has 0 saturated heterocycles. The summed E-state index contributed by atoms with van der Waals surface area (Å²) < 4.78 is 5.84. The van der Waals surface area contributed by atoms with Crippen LogP contribution in [0, 0.1) is 0 Å². The minimum Gasteiger partial charge on any atom is -0.416 e. The summed E-state index contributed by atoms with van der Waals surface area (Å²) >= 11 is 3.44. The van der Waals surface area contributed by atoms with Crippen molar-refractivity contribution in [2.75, 3.05) is 0 Å². The average Bonchev–Trinajstić information content (AvgIpc) is 3.11. The first-order valence-electron chi connectivity index (χ1n) is 7.31. The molecule has 0 saturated carbocycles. The third-order valence-electron chi connectivity index (χ3n) is 3.78. The third kappa shape index (κ3) is 2.78. The standard InChI is InChI=1S/C19H13BrN2O/c20-12-13-5-7-15(8-6-13)18-21-22-19(23-18)17-10-9-14-3-1-2-4-16(14)11-17/h1-11H,12H2. The molecule has 0 unspecified atom stereocenters. The highest BCUT2D eigenvalue weighted by atomic mass is 79.9. The van der Waals surface area contributed by atoms with Crippen molar-refractivity contribution in [3.8, 4) is 22.9 Å². The molecular weight excluding hydrogens is 352 g/mol. The molecule has 1 heterocycles. The van der Waals surface area contributed by atoms with E-state index in [9.17, 15) is 0 Å². The number of nitrogens with zero attached hydrogens (tertiary/aromatic N) is 2. The SMILES string of the molecule is BrCc1ccc(-c2nnc(-c3ccc4ccccc4c3)o2)cc1. The predicted octanol–water partition coefficient (Wildman–Crippen LogP) is 5.45. The second-order valence-electron chi connectivity index (χ2n) is 5.30. The molecule has 1 aromatic heterocycles. The maximum absolute atomic E-state index is 5.84. The van der Waals surface area contributed by atoms with Crippen LogP contribution in [0.15, 0.2) is 71.1 Å². The Labute approximate surface area is 142 Å². The Morgan fingerprint density at radius 3 is 2.13 bits per heavy atom. The van der Waals surface area contributed by atoms with Gasteiger partial charge in [-0.1, -0.05) is 58.4 Å². The summed E-state index contributed by atoms with van der Waals surface area (Å²) in [7, 11) is 0. The molecule has 0 N–H and O–H groups in total. The first-order chi connectivity index (χ1) is 11.3. The highest BCUT2D eigenvalue weighted by molar-refractivity contribution is 9.08. The van der Waals surface area contributed by atoms with Crippen molar-refractivity contribution in [3.63, 3.8) is 0 Å². The highest BCUT2D eigenvalue weighted by Crippen LogP contribution is 2.27. The quantitative estimate of drug-likeness (QED) is 0.453. The number of aromatic nitrogens is 2. The zero-order valence-corrected chi connectivity index (χ0v) is 13.8. The van der Waals surface area contributed by atoms with Crippen molar-refractivity contribution >= 4 is 26.7 Å². The summed E-state index contributed by atoms with van der Waals surface area (Å²) in [6, 6.07) is 22.4. The van der Waals surface area contributed by atoms with Gasteiger partial charge in [-0.25, -0.2) is 0 Å².